The molecule has 1 aliphatic heterocycles. The standard InChI is InChI=1S/C24H27N3O.ClH/c1-17-13-21(18(2)27(17)14-19-9-5-3-6-10-19)24(28)26-15-22(23(25)16-26)20-11-7-4-8-12-20;/h3-13,22-23H,14-16,25H2,1-2H3;1H/t22-,23+;/m0./s1. The highest BCUT2D eigenvalue weighted by atomic mass is 35.5. The lowest BCUT2D eigenvalue weighted by atomic mass is 9.95. The van der Waals surface area contributed by atoms with Crippen molar-refractivity contribution in [1.29, 1.82) is 0 Å². The highest BCUT2D eigenvalue weighted by Crippen LogP contribution is 2.28. The fraction of sp³-hybridized carbons (Fsp3) is 0.292. The molecule has 1 saturated heterocycles. The third kappa shape index (κ3) is 4.24. The fourth-order valence-corrected chi connectivity index (χ4v) is 4.25. The number of aromatic nitrogens is 1. The molecule has 1 aliphatic rings. The van der Waals surface area contributed by atoms with Crippen molar-refractivity contribution in [3.05, 3.63) is 94.8 Å². The van der Waals surface area contributed by atoms with Crippen LogP contribution in [0.25, 0.3) is 0 Å². The highest BCUT2D eigenvalue weighted by molar-refractivity contribution is 5.96. The van der Waals surface area contributed by atoms with Gasteiger partial charge in [0.2, 0.25) is 0 Å². The van der Waals surface area contributed by atoms with Crippen LogP contribution in [0.5, 0.6) is 0 Å². The number of nitrogens with zero attached hydrogens (tertiary/aromatic N) is 2. The smallest absolute Gasteiger partial charge is 0.255 e. The van der Waals surface area contributed by atoms with Crippen LogP contribution in [0.4, 0.5) is 0 Å². The average molecular weight is 410 g/mol. The Balaban J connectivity index is 0.00000240. The predicted molar refractivity (Wildman–Crippen MR) is 120 cm³/mol. The van der Waals surface area contributed by atoms with Crippen molar-refractivity contribution in [2.24, 2.45) is 5.73 Å². The zero-order chi connectivity index (χ0) is 19.7. The van der Waals surface area contributed by atoms with E-state index in [0.717, 1.165) is 23.5 Å². The maximum Gasteiger partial charge on any atom is 0.255 e. The second-order valence-corrected chi connectivity index (χ2v) is 7.75. The van der Waals surface area contributed by atoms with Crippen molar-refractivity contribution in [2.45, 2.75) is 32.4 Å². The molecule has 2 aromatic carbocycles. The molecule has 2 atom stereocenters. The van der Waals surface area contributed by atoms with Gasteiger partial charge in [0.05, 0.1) is 5.56 Å². The lowest BCUT2D eigenvalue weighted by Gasteiger charge is -2.17. The first-order valence-electron chi connectivity index (χ1n) is 9.85. The quantitative estimate of drug-likeness (QED) is 0.704. The molecule has 0 radical (unpaired) electrons. The number of benzene rings is 2. The van der Waals surface area contributed by atoms with E-state index in [1.165, 1.54) is 11.1 Å². The molecular formula is C24H28ClN3O. The number of nitrogens with two attached hydrogens (primary N) is 1. The molecule has 1 amide bonds. The normalized spacial score (nSPS) is 18.5. The highest BCUT2D eigenvalue weighted by Gasteiger charge is 2.35. The van der Waals surface area contributed by atoms with E-state index in [2.05, 4.69) is 35.8 Å². The van der Waals surface area contributed by atoms with Crippen molar-refractivity contribution >= 4 is 18.3 Å². The monoisotopic (exact) mass is 409 g/mol. The van der Waals surface area contributed by atoms with Crippen LogP contribution in [-0.4, -0.2) is 34.5 Å². The number of carbonyl (C=O) groups excluding carboxylic acids is 1. The second-order valence-electron chi connectivity index (χ2n) is 7.75. The number of halogens is 1. The predicted octanol–water partition coefficient (Wildman–Crippen LogP) is 4.14. The van der Waals surface area contributed by atoms with Gasteiger partial charge in [0.15, 0.2) is 0 Å². The van der Waals surface area contributed by atoms with E-state index >= 15 is 0 Å². The zero-order valence-electron chi connectivity index (χ0n) is 16.9. The van der Waals surface area contributed by atoms with Crippen molar-refractivity contribution < 1.29 is 4.79 Å². The molecule has 4 nitrogen and oxygen atoms in total. The molecule has 0 spiro atoms. The minimum absolute atomic E-state index is 0. The van der Waals surface area contributed by atoms with E-state index in [1.54, 1.807) is 0 Å². The van der Waals surface area contributed by atoms with Crippen LogP contribution in [0.3, 0.4) is 0 Å². The second kappa shape index (κ2) is 8.85. The lowest BCUT2D eigenvalue weighted by Crippen LogP contribution is -2.32. The van der Waals surface area contributed by atoms with Crippen LogP contribution in [0, 0.1) is 13.8 Å². The Hall–Kier alpha value is -2.56. The van der Waals surface area contributed by atoms with Crippen molar-refractivity contribution in [2.75, 3.05) is 13.1 Å². The number of rotatable bonds is 4. The van der Waals surface area contributed by atoms with Crippen LogP contribution < -0.4 is 5.73 Å². The van der Waals surface area contributed by atoms with E-state index < -0.39 is 0 Å². The van der Waals surface area contributed by atoms with Crippen molar-refractivity contribution in [3.8, 4) is 0 Å². The Bertz CT molecular complexity index is 969. The van der Waals surface area contributed by atoms with Gasteiger partial charge >= 0.3 is 0 Å². The molecule has 0 aliphatic carbocycles. The molecule has 152 valence electrons. The summed E-state index contributed by atoms with van der Waals surface area (Å²) in [6, 6.07) is 22.6. The van der Waals surface area contributed by atoms with Gasteiger partial charge in [0.1, 0.15) is 0 Å². The minimum Gasteiger partial charge on any atom is -0.344 e. The Kier molecular flexibility index (Phi) is 6.46. The van der Waals surface area contributed by atoms with Crippen LogP contribution in [0.1, 0.15) is 38.8 Å². The van der Waals surface area contributed by atoms with Gasteiger partial charge in [-0.3, -0.25) is 4.79 Å². The number of likely N-dealkylation sites (tertiary alicyclic amines) is 1. The Labute approximate surface area is 178 Å². The van der Waals surface area contributed by atoms with E-state index in [1.807, 2.05) is 54.3 Å². The van der Waals surface area contributed by atoms with Gasteiger partial charge in [0.25, 0.3) is 5.91 Å². The number of amides is 1. The molecule has 2 heterocycles. The third-order valence-electron chi connectivity index (χ3n) is 5.87. The van der Waals surface area contributed by atoms with E-state index in [0.29, 0.717) is 13.1 Å². The first-order chi connectivity index (χ1) is 13.5. The Morgan fingerprint density at radius 2 is 1.62 bits per heavy atom. The topological polar surface area (TPSA) is 51.3 Å². The van der Waals surface area contributed by atoms with Gasteiger partial charge in [-0.25, -0.2) is 0 Å². The van der Waals surface area contributed by atoms with Gasteiger partial charge < -0.3 is 15.2 Å². The van der Waals surface area contributed by atoms with E-state index in [-0.39, 0.29) is 30.3 Å². The maximum absolute atomic E-state index is 13.3. The lowest BCUT2D eigenvalue weighted by molar-refractivity contribution is 0.0788. The summed E-state index contributed by atoms with van der Waals surface area (Å²) in [5.41, 5.74) is 11.7. The summed E-state index contributed by atoms with van der Waals surface area (Å²) in [7, 11) is 0. The van der Waals surface area contributed by atoms with Gasteiger partial charge in [-0.15, -0.1) is 12.4 Å². The first kappa shape index (κ1) is 21.2. The van der Waals surface area contributed by atoms with E-state index in [4.69, 9.17) is 5.73 Å². The fourth-order valence-electron chi connectivity index (χ4n) is 4.25. The molecule has 3 aromatic rings. The summed E-state index contributed by atoms with van der Waals surface area (Å²) in [4.78, 5) is 15.2. The molecule has 2 N–H and O–H groups in total. The molecule has 0 bridgehead atoms. The molecule has 5 heteroatoms. The summed E-state index contributed by atoms with van der Waals surface area (Å²) in [5, 5.41) is 0. The molecule has 0 unspecified atom stereocenters. The summed E-state index contributed by atoms with van der Waals surface area (Å²) < 4.78 is 2.22. The first-order valence-corrected chi connectivity index (χ1v) is 9.85. The number of aryl methyl sites for hydroxylation is 1. The number of hydrogen-bond acceptors (Lipinski definition) is 2. The SMILES string of the molecule is Cc1cc(C(=O)N2C[C@@H](N)[C@H](c3ccccc3)C2)c(C)n1Cc1ccccc1.Cl. The molecule has 29 heavy (non-hydrogen) atoms. The molecule has 4 rings (SSSR count). The summed E-state index contributed by atoms with van der Waals surface area (Å²) >= 11 is 0. The molecule has 0 saturated carbocycles. The van der Waals surface area contributed by atoms with E-state index in [9.17, 15) is 4.79 Å². The average Bonchev–Trinajstić information content (AvgIpc) is 3.24. The number of carbonyl (C=O) groups is 1. The summed E-state index contributed by atoms with van der Waals surface area (Å²) in [6.07, 6.45) is 0. The van der Waals surface area contributed by atoms with Gasteiger partial charge in [-0.1, -0.05) is 60.7 Å². The van der Waals surface area contributed by atoms with Gasteiger partial charge in [-0.2, -0.15) is 0 Å². The van der Waals surface area contributed by atoms with Gasteiger partial charge in [-0.05, 0) is 31.0 Å². The van der Waals surface area contributed by atoms with Crippen LogP contribution >= 0.6 is 12.4 Å². The van der Waals surface area contributed by atoms with Crippen molar-refractivity contribution in [3.63, 3.8) is 0 Å². The Morgan fingerprint density at radius 1 is 1.00 bits per heavy atom. The molecule has 1 fully saturated rings. The Morgan fingerprint density at radius 3 is 2.28 bits per heavy atom. The molecule has 1 aromatic heterocycles. The van der Waals surface area contributed by atoms with Crippen LogP contribution in [0.15, 0.2) is 66.7 Å². The van der Waals surface area contributed by atoms with Crippen molar-refractivity contribution in [1.82, 2.24) is 9.47 Å². The zero-order valence-corrected chi connectivity index (χ0v) is 17.7. The van der Waals surface area contributed by atoms with Crippen LogP contribution in [-0.2, 0) is 6.54 Å². The minimum atomic E-state index is -0.0286. The van der Waals surface area contributed by atoms with Gasteiger partial charge in [0, 0.05) is 43.0 Å². The van der Waals surface area contributed by atoms with Crippen LogP contribution in [0.2, 0.25) is 0 Å². The maximum atomic E-state index is 13.3. The molecular weight excluding hydrogens is 382 g/mol. The largest absolute Gasteiger partial charge is 0.344 e. The third-order valence-corrected chi connectivity index (χ3v) is 5.87. The summed E-state index contributed by atoms with van der Waals surface area (Å²) in [6.45, 7) is 6.15. The summed E-state index contributed by atoms with van der Waals surface area (Å²) in [5.74, 6) is 0.277. The number of hydrogen-bond donors (Lipinski definition) is 1.